The van der Waals surface area contributed by atoms with Crippen molar-refractivity contribution in [1.29, 1.82) is 0 Å². The first kappa shape index (κ1) is 20.7. The Kier molecular flexibility index (Phi) is 5.45. The van der Waals surface area contributed by atoms with Crippen molar-refractivity contribution < 1.29 is 14.1 Å². The van der Waals surface area contributed by atoms with Crippen LogP contribution in [0.15, 0.2) is 34.4 Å². The van der Waals surface area contributed by atoms with Crippen molar-refractivity contribution >= 4 is 11.6 Å². The molecule has 2 aliphatic heterocycles. The lowest BCUT2D eigenvalue weighted by atomic mass is 9.74. The molecule has 0 atom stereocenters. The van der Waals surface area contributed by atoms with Crippen molar-refractivity contribution in [1.82, 2.24) is 10.1 Å². The van der Waals surface area contributed by atoms with Gasteiger partial charge in [-0.1, -0.05) is 16.8 Å². The first-order valence-corrected chi connectivity index (χ1v) is 10.6. The molecule has 1 spiro atoms. The molecule has 2 aromatic rings. The second-order valence-electron chi connectivity index (χ2n) is 8.84. The van der Waals surface area contributed by atoms with Crippen LogP contribution in [0.25, 0.3) is 0 Å². The molecule has 0 N–H and O–H groups in total. The van der Waals surface area contributed by atoms with E-state index in [4.69, 9.17) is 9.26 Å². The Morgan fingerprint density at radius 3 is 2.60 bits per heavy atom. The fraction of sp³-hybridized carbons (Fsp3) is 0.500. The molecule has 6 nitrogen and oxygen atoms in total. The smallest absolute Gasteiger partial charge is 0.263 e. The minimum absolute atomic E-state index is 0.0264. The summed E-state index contributed by atoms with van der Waals surface area (Å²) in [4.78, 5) is 17.9. The third kappa shape index (κ3) is 3.54. The van der Waals surface area contributed by atoms with Crippen LogP contribution in [0, 0.1) is 13.8 Å². The maximum Gasteiger partial charge on any atom is 0.263 e. The Morgan fingerprint density at radius 1 is 1.27 bits per heavy atom. The van der Waals surface area contributed by atoms with E-state index in [1.807, 2.05) is 24.0 Å². The molecule has 1 aromatic carbocycles. The average Bonchev–Trinajstić information content (AvgIpc) is 3.24. The van der Waals surface area contributed by atoms with E-state index in [1.165, 1.54) is 11.1 Å². The highest BCUT2D eigenvalue weighted by atomic mass is 16.5. The van der Waals surface area contributed by atoms with Gasteiger partial charge in [-0.25, -0.2) is 0 Å². The maximum atomic E-state index is 13.5. The topological polar surface area (TPSA) is 58.8 Å². The van der Waals surface area contributed by atoms with E-state index < -0.39 is 0 Å². The number of fused-ring (bicyclic) bond motifs is 2. The van der Waals surface area contributed by atoms with E-state index in [0.717, 1.165) is 43.9 Å². The number of hydrogen-bond acceptors (Lipinski definition) is 5. The zero-order chi connectivity index (χ0) is 21.5. The van der Waals surface area contributed by atoms with Crippen LogP contribution < -0.4 is 9.64 Å². The number of piperidine rings is 1. The Morgan fingerprint density at radius 2 is 2.00 bits per heavy atom. The Balaban J connectivity index is 1.66. The highest BCUT2D eigenvalue weighted by Gasteiger charge is 2.47. The van der Waals surface area contributed by atoms with Gasteiger partial charge < -0.3 is 14.2 Å². The third-order valence-corrected chi connectivity index (χ3v) is 6.59. The zero-order valence-corrected chi connectivity index (χ0v) is 18.6. The minimum Gasteiger partial charge on any atom is -0.497 e. The number of hydrogen-bond donors (Lipinski definition) is 0. The number of rotatable bonds is 4. The standard InChI is InChI=1S/C24H31N3O3/c1-16(2)8-11-26-12-9-24(10-13-26)15-27(21-7-6-19(29-5)14-20(21)24)23(28)22-17(3)25-30-18(22)4/h6-8,14H,9-13,15H2,1-5H3. The quantitative estimate of drug-likeness (QED) is 0.706. The number of benzene rings is 1. The van der Waals surface area contributed by atoms with E-state index in [1.54, 1.807) is 14.0 Å². The summed E-state index contributed by atoms with van der Waals surface area (Å²) in [5, 5.41) is 3.99. The molecule has 6 heteroatoms. The second-order valence-corrected chi connectivity index (χ2v) is 8.84. The molecule has 1 fully saturated rings. The lowest BCUT2D eigenvalue weighted by Crippen LogP contribution is -2.46. The van der Waals surface area contributed by atoms with Crippen molar-refractivity contribution in [3.63, 3.8) is 0 Å². The van der Waals surface area contributed by atoms with Crippen molar-refractivity contribution in [2.24, 2.45) is 0 Å². The summed E-state index contributed by atoms with van der Waals surface area (Å²) in [5.74, 6) is 1.39. The number of anilines is 1. The van der Waals surface area contributed by atoms with Crippen LogP contribution in [-0.4, -0.2) is 49.3 Å². The van der Waals surface area contributed by atoms with Gasteiger partial charge in [0.25, 0.3) is 5.91 Å². The number of carbonyl (C=O) groups excluding carboxylic acids is 1. The molecule has 30 heavy (non-hydrogen) atoms. The van der Waals surface area contributed by atoms with E-state index in [0.29, 0.717) is 23.6 Å². The van der Waals surface area contributed by atoms with Crippen LogP contribution >= 0.6 is 0 Å². The zero-order valence-electron chi connectivity index (χ0n) is 18.6. The third-order valence-electron chi connectivity index (χ3n) is 6.59. The normalized spacial score (nSPS) is 17.8. The van der Waals surface area contributed by atoms with Gasteiger partial charge in [0, 0.05) is 24.2 Å². The van der Waals surface area contributed by atoms with Gasteiger partial charge in [0.2, 0.25) is 0 Å². The first-order chi connectivity index (χ1) is 14.3. The summed E-state index contributed by atoms with van der Waals surface area (Å²) in [6, 6.07) is 6.09. The molecular weight excluding hydrogens is 378 g/mol. The predicted octanol–water partition coefficient (Wildman–Crippen LogP) is 4.26. The summed E-state index contributed by atoms with van der Waals surface area (Å²) < 4.78 is 10.8. The highest BCUT2D eigenvalue weighted by molar-refractivity contribution is 6.09. The van der Waals surface area contributed by atoms with E-state index in [9.17, 15) is 4.79 Å². The lowest BCUT2D eigenvalue weighted by molar-refractivity contribution is 0.0975. The molecule has 0 unspecified atom stereocenters. The molecule has 1 amide bonds. The molecule has 2 aliphatic rings. The van der Waals surface area contributed by atoms with Gasteiger partial charge in [0.05, 0.1) is 12.8 Å². The van der Waals surface area contributed by atoms with Crippen LogP contribution in [0.5, 0.6) is 5.75 Å². The lowest BCUT2D eigenvalue weighted by Gasteiger charge is -2.39. The number of aromatic nitrogens is 1. The molecule has 0 bridgehead atoms. The summed E-state index contributed by atoms with van der Waals surface area (Å²) >= 11 is 0. The molecule has 0 aliphatic carbocycles. The molecule has 3 heterocycles. The van der Waals surface area contributed by atoms with Gasteiger partial charge in [0.1, 0.15) is 17.1 Å². The van der Waals surface area contributed by atoms with E-state index >= 15 is 0 Å². The monoisotopic (exact) mass is 409 g/mol. The average molecular weight is 410 g/mol. The number of ether oxygens (including phenoxy) is 1. The number of methoxy groups -OCH3 is 1. The van der Waals surface area contributed by atoms with Gasteiger partial charge >= 0.3 is 0 Å². The van der Waals surface area contributed by atoms with Crippen molar-refractivity contribution in [2.45, 2.75) is 46.0 Å². The van der Waals surface area contributed by atoms with Crippen LogP contribution in [0.1, 0.15) is 54.1 Å². The number of amides is 1. The molecule has 0 saturated carbocycles. The molecular formula is C24H31N3O3. The van der Waals surface area contributed by atoms with Gasteiger partial charge in [-0.3, -0.25) is 9.69 Å². The van der Waals surface area contributed by atoms with Gasteiger partial charge in [0.15, 0.2) is 0 Å². The fourth-order valence-electron chi connectivity index (χ4n) is 4.78. The number of carbonyl (C=O) groups is 1. The Hall–Kier alpha value is -2.60. The van der Waals surface area contributed by atoms with Gasteiger partial charge in [-0.2, -0.15) is 0 Å². The molecule has 160 valence electrons. The van der Waals surface area contributed by atoms with Crippen molar-refractivity contribution in [3.8, 4) is 5.75 Å². The molecule has 0 radical (unpaired) electrons. The number of nitrogens with zero attached hydrogens (tertiary/aromatic N) is 3. The Labute approximate surface area is 178 Å². The van der Waals surface area contributed by atoms with Crippen LogP contribution in [0.3, 0.4) is 0 Å². The van der Waals surface area contributed by atoms with Crippen molar-refractivity contribution in [3.05, 3.63) is 52.4 Å². The summed E-state index contributed by atoms with van der Waals surface area (Å²) in [7, 11) is 1.69. The number of likely N-dealkylation sites (tertiary alicyclic amines) is 1. The number of allylic oxidation sites excluding steroid dienone is 1. The predicted molar refractivity (Wildman–Crippen MR) is 117 cm³/mol. The minimum atomic E-state index is -0.0417. The fourth-order valence-corrected chi connectivity index (χ4v) is 4.78. The second kappa shape index (κ2) is 7.91. The molecule has 4 rings (SSSR count). The summed E-state index contributed by atoms with van der Waals surface area (Å²) in [6.45, 7) is 11.6. The largest absolute Gasteiger partial charge is 0.497 e. The molecule has 1 aromatic heterocycles. The van der Waals surface area contributed by atoms with Gasteiger partial charge in [-0.15, -0.1) is 0 Å². The Bertz CT molecular complexity index is 960. The van der Waals surface area contributed by atoms with E-state index in [-0.39, 0.29) is 11.3 Å². The van der Waals surface area contributed by atoms with E-state index in [2.05, 4.69) is 36.0 Å². The molecule has 1 saturated heterocycles. The number of aryl methyl sites for hydroxylation is 2. The first-order valence-electron chi connectivity index (χ1n) is 10.6. The van der Waals surface area contributed by atoms with Crippen molar-refractivity contribution in [2.75, 3.05) is 38.2 Å². The SMILES string of the molecule is COc1ccc2c(c1)C1(CCN(CC=C(C)C)CC1)CN2C(=O)c1c(C)noc1C. The summed E-state index contributed by atoms with van der Waals surface area (Å²) in [5.41, 5.74) is 4.74. The van der Waals surface area contributed by atoms with Crippen LogP contribution in [0.4, 0.5) is 5.69 Å². The highest BCUT2D eigenvalue weighted by Crippen LogP contribution is 2.48. The summed E-state index contributed by atoms with van der Waals surface area (Å²) in [6.07, 6.45) is 4.33. The van der Waals surface area contributed by atoms with Crippen LogP contribution in [0.2, 0.25) is 0 Å². The maximum absolute atomic E-state index is 13.5. The van der Waals surface area contributed by atoms with Gasteiger partial charge in [-0.05, 0) is 77.4 Å². The van der Waals surface area contributed by atoms with Crippen LogP contribution in [-0.2, 0) is 5.41 Å².